The third kappa shape index (κ3) is 11.3. The van der Waals surface area contributed by atoms with Gasteiger partial charge in [-0.25, -0.2) is 4.79 Å². The van der Waals surface area contributed by atoms with Gasteiger partial charge < -0.3 is 30.3 Å². The number of hydrogen-bond donors (Lipinski definition) is 4. The molecule has 1 saturated heterocycles. The fraction of sp³-hybridized carbons (Fsp3) is 0.325. The Balaban J connectivity index is 0.930. The number of carbonyl (C=O) groups is 3. The van der Waals surface area contributed by atoms with Gasteiger partial charge in [-0.2, -0.15) is 0 Å². The Kier molecular flexibility index (Phi) is 13.9. The number of benzene rings is 4. The Hall–Kier alpha value is -5.03. The first-order valence-electron chi connectivity index (χ1n) is 17.3. The second-order valence-electron chi connectivity index (χ2n) is 12.3. The van der Waals surface area contributed by atoms with Crippen LogP contribution in [0.5, 0.6) is 5.75 Å². The molecule has 4 aromatic carbocycles. The molecule has 50 heavy (non-hydrogen) atoms. The standard InChI is InChI=1S/C40H47N5O5/c1-49-34-16-14-30(15-17-34)29-42-22-23-43-39(47)33-11-7-10-32(28-33)38(46)18-21-41-24-27-45-25-19-35(20-26-45)50-40(48)44-37-13-6-5-12-36(37)31-8-3-2-4-9-31/h2-17,28,35,41-42H,18-27,29H2,1H3,(H,43,47)(H,44,48). The molecule has 0 unspecified atom stereocenters. The minimum atomic E-state index is -0.432. The van der Waals surface area contributed by atoms with Crippen LogP contribution in [-0.2, 0) is 11.3 Å². The van der Waals surface area contributed by atoms with Crippen LogP contribution >= 0.6 is 0 Å². The predicted molar refractivity (Wildman–Crippen MR) is 197 cm³/mol. The summed E-state index contributed by atoms with van der Waals surface area (Å²) in [6.45, 7) is 5.63. The normalized spacial score (nSPS) is 13.4. The fourth-order valence-corrected chi connectivity index (χ4v) is 5.89. The molecule has 0 bridgehead atoms. The summed E-state index contributed by atoms with van der Waals surface area (Å²) < 4.78 is 10.9. The molecule has 2 amide bonds. The maximum Gasteiger partial charge on any atom is 0.411 e. The van der Waals surface area contributed by atoms with Crippen LogP contribution in [0.1, 0.15) is 45.5 Å². The van der Waals surface area contributed by atoms with Crippen LogP contribution < -0.4 is 26.0 Å². The number of Topliss-reactive ketones (excluding diaryl/α,β-unsaturated/α-hetero) is 1. The van der Waals surface area contributed by atoms with Crippen molar-refractivity contribution < 1.29 is 23.9 Å². The molecular formula is C40H47N5O5. The Morgan fingerprint density at radius 2 is 1.50 bits per heavy atom. The van der Waals surface area contributed by atoms with Gasteiger partial charge in [0.15, 0.2) is 5.78 Å². The van der Waals surface area contributed by atoms with E-state index in [-0.39, 0.29) is 17.8 Å². The topological polar surface area (TPSA) is 121 Å². The second kappa shape index (κ2) is 19.2. The molecule has 0 spiro atoms. The van der Waals surface area contributed by atoms with E-state index in [1.54, 1.807) is 31.4 Å². The number of nitrogens with zero attached hydrogens (tertiary/aromatic N) is 1. The largest absolute Gasteiger partial charge is 0.497 e. The van der Waals surface area contributed by atoms with E-state index in [4.69, 9.17) is 9.47 Å². The highest BCUT2D eigenvalue weighted by Gasteiger charge is 2.22. The van der Waals surface area contributed by atoms with Gasteiger partial charge in [-0.3, -0.25) is 14.9 Å². The van der Waals surface area contributed by atoms with E-state index in [2.05, 4.69) is 26.2 Å². The van der Waals surface area contributed by atoms with Gasteiger partial charge in [-0.05, 0) is 54.3 Å². The molecule has 262 valence electrons. The number of hydrogen-bond acceptors (Lipinski definition) is 8. The van der Waals surface area contributed by atoms with Crippen LogP contribution in [0.25, 0.3) is 11.1 Å². The molecular weight excluding hydrogens is 630 g/mol. The lowest BCUT2D eigenvalue weighted by Crippen LogP contribution is -2.41. The molecule has 10 heteroatoms. The zero-order chi connectivity index (χ0) is 35.0. The summed E-state index contributed by atoms with van der Waals surface area (Å²) in [5.41, 5.74) is 4.85. The quantitative estimate of drug-likeness (QED) is 0.0823. The van der Waals surface area contributed by atoms with Crippen molar-refractivity contribution >= 4 is 23.5 Å². The number of methoxy groups -OCH3 is 1. The molecule has 0 saturated carbocycles. The lowest BCUT2D eigenvalue weighted by molar-refractivity contribution is 0.0592. The molecule has 1 aliphatic heterocycles. The van der Waals surface area contributed by atoms with Gasteiger partial charge in [0.05, 0.1) is 12.8 Å². The van der Waals surface area contributed by atoms with Crippen LogP contribution in [0.4, 0.5) is 10.5 Å². The first-order chi connectivity index (χ1) is 24.5. The molecule has 4 N–H and O–H groups in total. The maximum atomic E-state index is 12.8. The lowest BCUT2D eigenvalue weighted by Gasteiger charge is -2.31. The van der Waals surface area contributed by atoms with E-state index in [1.807, 2.05) is 78.9 Å². The van der Waals surface area contributed by atoms with Crippen molar-refractivity contribution in [2.45, 2.75) is 31.9 Å². The van der Waals surface area contributed by atoms with Crippen LogP contribution in [0.15, 0.2) is 103 Å². The summed E-state index contributed by atoms with van der Waals surface area (Å²) in [6, 6.07) is 32.4. The van der Waals surface area contributed by atoms with Gasteiger partial charge in [-0.15, -0.1) is 0 Å². The highest BCUT2D eigenvalue weighted by atomic mass is 16.6. The number of ketones is 1. The average molecular weight is 678 g/mol. The number of nitrogens with one attached hydrogen (secondary N) is 4. The predicted octanol–water partition coefficient (Wildman–Crippen LogP) is 5.76. The van der Waals surface area contributed by atoms with Gasteiger partial charge >= 0.3 is 6.09 Å². The van der Waals surface area contributed by atoms with Crippen molar-refractivity contribution in [3.63, 3.8) is 0 Å². The summed E-state index contributed by atoms with van der Waals surface area (Å²) in [4.78, 5) is 40.6. The summed E-state index contributed by atoms with van der Waals surface area (Å²) in [5, 5.41) is 12.5. The van der Waals surface area contributed by atoms with Crippen LogP contribution in [0, 0.1) is 0 Å². The van der Waals surface area contributed by atoms with Crippen molar-refractivity contribution in [1.82, 2.24) is 20.9 Å². The molecule has 1 aliphatic rings. The molecule has 0 aliphatic carbocycles. The third-order valence-electron chi connectivity index (χ3n) is 8.71. The number of likely N-dealkylation sites (tertiary alicyclic amines) is 1. The van der Waals surface area contributed by atoms with Crippen molar-refractivity contribution in [2.75, 3.05) is 58.2 Å². The van der Waals surface area contributed by atoms with E-state index in [0.29, 0.717) is 43.7 Å². The number of anilines is 1. The first-order valence-corrected chi connectivity index (χ1v) is 17.3. The zero-order valence-corrected chi connectivity index (χ0v) is 28.7. The Morgan fingerprint density at radius 3 is 2.28 bits per heavy atom. The SMILES string of the molecule is COc1ccc(CNCCNC(=O)c2cccc(C(=O)CCNCCN3CCC(OC(=O)Nc4ccccc4-c4ccccc4)CC3)c2)cc1. The number of carbonyl (C=O) groups excluding carboxylic acids is 3. The third-order valence-corrected chi connectivity index (χ3v) is 8.71. The summed E-state index contributed by atoms with van der Waals surface area (Å²) >= 11 is 0. The Morgan fingerprint density at radius 1 is 0.760 bits per heavy atom. The highest BCUT2D eigenvalue weighted by Crippen LogP contribution is 2.28. The molecule has 5 rings (SSSR count). The maximum absolute atomic E-state index is 12.8. The number of rotatable bonds is 17. The summed E-state index contributed by atoms with van der Waals surface area (Å²) in [7, 11) is 1.64. The number of amides is 2. The molecule has 1 fully saturated rings. The molecule has 1 heterocycles. The minimum Gasteiger partial charge on any atom is -0.497 e. The van der Waals surface area contributed by atoms with Crippen LogP contribution in [-0.4, -0.2) is 81.7 Å². The van der Waals surface area contributed by atoms with Crippen molar-refractivity contribution in [2.24, 2.45) is 0 Å². The van der Waals surface area contributed by atoms with E-state index < -0.39 is 6.09 Å². The smallest absolute Gasteiger partial charge is 0.411 e. The van der Waals surface area contributed by atoms with E-state index in [9.17, 15) is 14.4 Å². The fourth-order valence-electron chi connectivity index (χ4n) is 5.89. The van der Waals surface area contributed by atoms with Gasteiger partial charge in [0.1, 0.15) is 11.9 Å². The lowest BCUT2D eigenvalue weighted by atomic mass is 10.0. The summed E-state index contributed by atoms with van der Waals surface area (Å²) in [6.07, 6.45) is 1.34. The van der Waals surface area contributed by atoms with Gasteiger partial charge in [-0.1, -0.05) is 72.8 Å². The second-order valence-corrected chi connectivity index (χ2v) is 12.3. The first kappa shape index (κ1) is 36.3. The molecule has 10 nitrogen and oxygen atoms in total. The van der Waals surface area contributed by atoms with Gasteiger partial charge in [0, 0.05) is 75.5 Å². The van der Waals surface area contributed by atoms with E-state index >= 15 is 0 Å². The molecule has 0 aromatic heterocycles. The Labute approximate surface area is 294 Å². The minimum absolute atomic E-state index is 0.00376. The highest BCUT2D eigenvalue weighted by molar-refractivity contribution is 6.00. The molecule has 0 radical (unpaired) electrons. The number of ether oxygens (including phenoxy) is 2. The van der Waals surface area contributed by atoms with Crippen molar-refractivity contribution in [3.8, 4) is 16.9 Å². The van der Waals surface area contributed by atoms with Crippen molar-refractivity contribution in [3.05, 3.63) is 120 Å². The summed E-state index contributed by atoms with van der Waals surface area (Å²) in [5.74, 6) is 0.613. The van der Waals surface area contributed by atoms with Crippen LogP contribution in [0.3, 0.4) is 0 Å². The van der Waals surface area contributed by atoms with E-state index in [1.165, 1.54) is 0 Å². The average Bonchev–Trinajstić information content (AvgIpc) is 3.16. The monoisotopic (exact) mass is 677 g/mol. The zero-order valence-electron chi connectivity index (χ0n) is 28.7. The number of piperidine rings is 1. The van der Waals surface area contributed by atoms with Gasteiger partial charge in [0.2, 0.25) is 0 Å². The number of para-hydroxylation sites is 1. The van der Waals surface area contributed by atoms with Gasteiger partial charge in [0.25, 0.3) is 5.91 Å². The van der Waals surface area contributed by atoms with Crippen molar-refractivity contribution in [1.29, 1.82) is 0 Å². The van der Waals surface area contributed by atoms with E-state index in [0.717, 1.165) is 67.1 Å². The van der Waals surface area contributed by atoms with Crippen LogP contribution in [0.2, 0.25) is 0 Å². The Bertz CT molecular complexity index is 1670. The molecule has 4 aromatic rings. The molecule has 0 atom stereocenters.